The summed E-state index contributed by atoms with van der Waals surface area (Å²) in [7, 11) is 0. The number of thiazole rings is 1. The Morgan fingerprint density at radius 3 is 2.96 bits per heavy atom. The third kappa shape index (κ3) is 2.97. The standard InChI is InChI=1S/C18H18N4O2S2/c1-2-22-16(11-3-4-11)20-21-18(22)26-9-13-8-25-17(19-13)12-5-6-14-15(7-12)24-10-23-14/h5-8,11H,2-4,9-10H2,1H3. The molecule has 0 unspecified atom stereocenters. The number of hydrogen-bond acceptors (Lipinski definition) is 7. The Labute approximate surface area is 159 Å². The van der Waals surface area contributed by atoms with Crippen LogP contribution in [0.3, 0.4) is 0 Å². The van der Waals surface area contributed by atoms with Crippen LogP contribution in [-0.4, -0.2) is 26.5 Å². The van der Waals surface area contributed by atoms with Crippen molar-refractivity contribution in [3.63, 3.8) is 0 Å². The van der Waals surface area contributed by atoms with Gasteiger partial charge in [0.05, 0.1) is 5.69 Å². The van der Waals surface area contributed by atoms with Crippen molar-refractivity contribution in [3.8, 4) is 22.1 Å². The van der Waals surface area contributed by atoms with E-state index in [0.717, 1.165) is 51.0 Å². The molecule has 0 saturated heterocycles. The lowest BCUT2D eigenvalue weighted by atomic mass is 10.2. The molecule has 1 aliphatic carbocycles. The van der Waals surface area contributed by atoms with Crippen molar-refractivity contribution in [2.45, 2.75) is 43.1 Å². The summed E-state index contributed by atoms with van der Waals surface area (Å²) < 4.78 is 13.1. The molecule has 0 atom stereocenters. The van der Waals surface area contributed by atoms with Crippen molar-refractivity contribution in [3.05, 3.63) is 35.1 Å². The molecule has 1 saturated carbocycles. The Morgan fingerprint density at radius 1 is 1.23 bits per heavy atom. The first kappa shape index (κ1) is 16.1. The van der Waals surface area contributed by atoms with Crippen LogP contribution in [-0.2, 0) is 12.3 Å². The highest BCUT2D eigenvalue weighted by Gasteiger charge is 2.30. The van der Waals surface area contributed by atoms with Crippen LogP contribution in [0.15, 0.2) is 28.7 Å². The lowest BCUT2D eigenvalue weighted by Gasteiger charge is -2.05. The molecule has 0 N–H and O–H groups in total. The normalized spacial score (nSPS) is 15.6. The molecule has 26 heavy (non-hydrogen) atoms. The van der Waals surface area contributed by atoms with Crippen molar-refractivity contribution in [2.24, 2.45) is 0 Å². The summed E-state index contributed by atoms with van der Waals surface area (Å²) in [6.45, 7) is 3.36. The average Bonchev–Trinajstić information content (AvgIpc) is 3.10. The van der Waals surface area contributed by atoms with E-state index >= 15 is 0 Å². The van der Waals surface area contributed by atoms with Gasteiger partial charge in [0.1, 0.15) is 10.8 Å². The summed E-state index contributed by atoms with van der Waals surface area (Å²) >= 11 is 3.36. The third-order valence-corrected chi connectivity index (χ3v) is 6.47. The number of ether oxygens (including phenoxy) is 2. The van der Waals surface area contributed by atoms with Gasteiger partial charge in [0.2, 0.25) is 6.79 Å². The highest BCUT2D eigenvalue weighted by Crippen LogP contribution is 2.40. The van der Waals surface area contributed by atoms with Crippen molar-refractivity contribution in [1.29, 1.82) is 0 Å². The molecule has 3 heterocycles. The van der Waals surface area contributed by atoms with E-state index in [4.69, 9.17) is 14.5 Å². The topological polar surface area (TPSA) is 62.1 Å². The van der Waals surface area contributed by atoms with E-state index in [2.05, 4.69) is 27.1 Å². The molecule has 1 fully saturated rings. The Morgan fingerprint density at radius 2 is 2.12 bits per heavy atom. The van der Waals surface area contributed by atoms with E-state index in [9.17, 15) is 0 Å². The van der Waals surface area contributed by atoms with E-state index < -0.39 is 0 Å². The molecule has 8 heteroatoms. The fourth-order valence-electron chi connectivity index (χ4n) is 3.02. The van der Waals surface area contributed by atoms with Gasteiger partial charge in [-0.2, -0.15) is 0 Å². The molecular weight excluding hydrogens is 368 g/mol. The lowest BCUT2D eigenvalue weighted by molar-refractivity contribution is 0.174. The van der Waals surface area contributed by atoms with Gasteiger partial charge in [-0.15, -0.1) is 21.5 Å². The number of nitrogens with zero attached hydrogens (tertiary/aromatic N) is 4. The fourth-order valence-corrected chi connectivity index (χ4v) is 4.85. The van der Waals surface area contributed by atoms with E-state index in [-0.39, 0.29) is 0 Å². The van der Waals surface area contributed by atoms with Crippen LogP contribution in [0.25, 0.3) is 10.6 Å². The number of fused-ring (bicyclic) bond motifs is 1. The molecule has 2 aromatic heterocycles. The summed E-state index contributed by atoms with van der Waals surface area (Å²) in [5, 5.41) is 12.9. The molecule has 2 aliphatic rings. The first-order chi connectivity index (χ1) is 12.8. The summed E-state index contributed by atoms with van der Waals surface area (Å²) in [4.78, 5) is 4.77. The monoisotopic (exact) mass is 386 g/mol. The van der Waals surface area contributed by atoms with Gasteiger partial charge in [-0.25, -0.2) is 4.98 Å². The van der Waals surface area contributed by atoms with Gasteiger partial charge >= 0.3 is 0 Å². The Balaban J connectivity index is 1.30. The van der Waals surface area contributed by atoms with Gasteiger partial charge in [-0.05, 0) is 38.0 Å². The number of benzene rings is 1. The van der Waals surface area contributed by atoms with Gasteiger partial charge in [0.15, 0.2) is 16.7 Å². The van der Waals surface area contributed by atoms with Crippen LogP contribution in [0, 0.1) is 0 Å². The minimum atomic E-state index is 0.291. The highest BCUT2D eigenvalue weighted by atomic mass is 32.2. The number of rotatable bonds is 6. The van der Waals surface area contributed by atoms with Gasteiger partial charge in [0.25, 0.3) is 0 Å². The van der Waals surface area contributed by atoms with Crippen LogP contribution in [0.5, 0.6) is 11.5 Å². The van der Waals surface area contributed by atoms with E-state index in [1.54, 1.807) is 23.1 Å². The quantitative estimate of drug-likeness (QED) is 0.588. The molecule has 6 nitrogen and oxygen atoms in total. The third-order valence-electron chi connectivity index (χ3n) is 4.52. The maximum Gasteiger partial charge on any atom is 0.231 e. The predicted molar refractivity (Wildman–Crippen MR) is 101 cm³/mol. The lowest BCUT2D eigenvalue weighted by Crippen LogP contribution is -2.02. The fraction of sp³-hybridized carbons (Fsp3) is 0.389. The maximum absolute atomic E-state index is 5.46. The molecular formula is C18H18N4O2S2. The SMILES string of the molecule is CCn1c(SCc2csc(-c3ccc4c(c3)OCO4)n2)nnc1C1CC1. The van der Waals surface area contributed by atoms with Crippen molar-refractivity contribution < 1.29 is 9.47 Å². The molecule has 5 rings (SSSR count). The molecule has 0 spiro atoms. The summed E-state index contributed by atoms with van der Waals surface area (Å²) in [5.74, 6) is 4.15. The van der Waals surface area contributed by atoms with Crippen molar-refractivity contribution in [2.75, 3.05) is 6.79 Å². The van der Waals surface area contributed by atoms with Gasteiger partial charge in [0, 0.05) is 29.2 Å². The van der Waals surface area contributed by atoms with Crippen molar-refractivity contribution >= 4 is 23.1 Å². The smallest absolute Gasteiger partial charge is 0.231 e. The van der Waals surface area contributed by atoms with E-state index in [1.165, 1.54) is 12.8 Å². The van der Waals surface area contributed by atoms with Gasteiger partial charge < -0.3 is 14.0 Å². The molecule has 0 bridgehead atoms. The first-order valence-corrected chi connectivity index (χ1v) is 10.6. The van der Waals surface area contributed by atoms with E-state index in [1.807, 2.05) is 18.2 Å². The highest BCUT2D eigenvalue weighted by molar-refractivity contribution is 7.98. The predicted octanol–water partition coefficient (Wildman–Crippen LogP) is 4.32. The van der Waals surface area contributed by atoms with Gasteiger partial charge in [-0.3, -0.25) is 0 Å². The molecule has 0 radical (unpaired) electrons. The average molecular weight is 387 g/mol. The second-order valence-corrected chi connectivity index (χ2v) is 8.16. The molecule has 1 aromatic carbocycles. The largest absolute Gasteiger partial charge is 0.454 e. The zero-order chi connectivity index (χ0) is 17.5. The Kier molecular flexibility index (Phi) is 4.09. The summed E-state index contributed by atoms with van der Waals surface area (Å²) in [6, 6.07) is 5.96. The van der Waals surface area contributed by atoms with Crippen molar-refractivity contribution in [1.82, 2.24) is 19.7 Å². The first-order valence-electron chi connectivity index (χ1n) is 8.72. The number of aromatic nitrogens is 4. The zero-order valence-corrected chi connectivity index (χ0v) is 16.0. The second-order valence-electron chi connectivity index (χ2n) is 6.36. The van der Waals surface area contributed by atoms with E-state index in [0.29, 0.717) is 12.7 Å². The zero-order valence-electron chi connectivity index (χ0n) is 14.3. The van der Waals surface area contributed by atoms with Crippen LogP contribution in [0.4, 0.5) is 0 Å². The molecule has 1 aliphatic heterocycles. The van der Waals surface area contributed by atoms with Crippen LogP contribution in [0.1, 0.15) is 37.2 Å². The number of thioether (sulfide) groups is 1. The van der Waals surface area contributed by atoms with Crippen LogP contribution >= 0.6 is 23.1 Å². The van der Waals surface area contributed by atoms with Gasteiger partial charge in [-0.1, -0.05) is 11.8 Å². The Bertz CT molecular complexity index is 949. The summed E-state index contributed by atoms with van der Waals surface area (Å²) in [6.07, 6.45) is 2.49. The molecule has 3 aromatic rings. The number of hydrogen-bond donors (Lipinski definition) is 0. The Hall–Kier alpha value is -2.06. The summed E-state index contributed by atoms with van der Waals surface area (Å²) in [5.41, 5.74) is 2.12. The van der Waals surface area contributed by atoms with Crippen LogP contribution < -0.4 is 9.47 Å². The van der Waals surface area contributed by atoms with Crippen LogP contribution in [0.2, 0.25) is 0 Å². The molecule has 134 valence electrons. The minimum Gasteiger partial charge on any atom is -0.454 e. The minimum absolute atomic E-state index is 0.291. The maximum atomic E-state index is 5.46. The molecule has 0 amide bonds. The second kappa shape index (κ2) is 6.59.